The van der Waals surface area contributed by atoms with Crippen molar-refractivity contribution in [1.82, 2.24) is 14.4 Å². The molecule has 1 aliphatic carbocycles. The van der Waals surface area contributed by atoms with Gasteiger partial charge in [0.1, 0.15) is 5.69 Å². The lowest BCUT2D eigenvalue weighted by molar-refractivity contribution is -0.114. The number of nitrogens with one attached hydrogen (secondary N) is 2. The summed E-state index contributed by atoms with van der Waals surface area (Å²) < 4.78 is 2.18. The summed E-state index contributed by atoms with van der Waals surface area (Å²) in [5.74, 6) is -0.262. The third-order valence-corrected chi connectivity index (χ3v) is 7.51. The van der Waals surface area contributed by atoms with Crippen LogP contribution < -0.4 is 10.6 Å². The summed E-state index contributed by atoms with van der Waals surface area (Å²) in [6.45, 7) is 3.87. The minimum atomic E-state index is -0.136. The minimum Gasteiger partial charge on any atom is -0.345 e. The average Bonchev–Trinajstić information content (AvgIpc) is 3.28. The molecular formula is C29H33N5O3. The van der Waals surface area contributed by atoms with Crippen LogP contribution in [0, 0.1) is 0 Å². The fourth-order valence-electron chi connectivity index (χ4n) is 5.49. The zero-order valence-electron chi connectivity index (χ0n) is 21.6. The maximum absolute atomic E-state index is 13.2. The molecule has 0 saturated heterocycles. The van der Waals surface area contributed by atoms with Gasteiger partial charge in [-0.05, 0) is 73.4 Å². The van der Waals surface area contributed by atoms with Gasteiger partial charge in [0.25, 0.3) is 11.8 Å². The molecule has 2 heterocycles. The lowest BCUT2D eigenvalue weighted by atomic mass is 9.71. The smallest absolute Gasteiger partial charge is 0.272 e. The van der Waals surface area contributed by atoms with Crippen LogP contribution in [0.3, 0.4) is 0 Å². The Bertz CT molecular complexity index is 1320. The Morgan fingerprint density at radius 3 is 2.08 bits per heavy atom. The molecule has 0 bridgehead atoms. The van der Waals surface area contributed by atoms with E-state index in [1.165, 1.54) is 24.6 Å². The van der Waals surface area contributed by atoms with Gasteiger partial charge >= 0.3 is 0 Å². The molecule has 1 fully saturated rings. The van der Waals surface area contributed by atoms with Crippen LogP contribution in [-0.4, -0.2) is 52.7 Å². The van der Waals surface area contributed by atoms with Gasteiger partial charge in [-0.1, -0.05) is 12.1 Å². The van der Waals surface area contributed by atoms with E-state index >= 15 is 0 Å². The van der Waals surface area contributed by atoms with E-state index in [4.69, 9.17) is 0 Å². The van der Waals surface area contributed by atoms with E-state index in [0.29, 0.717) is 22.6 Å². The zero-order valence-corrected chi connectivity index (χ0v) is 21.6. The average molecular weight is 500 g/mol. The number of rotatable bonds is 6. The van der Waals surface area contributed by atoms with Crippen LogP contribution in [0.1, 0.15) is 58.3 Å². The van der Waals surface area contributed by atoms with Gasteiger partial charge in [-0.25, -0.2) is 0 Å². The summed E-state index contributed by atoms with van der Waals surface area (Å²) in [6, 6.07) is 19.1. The molecule has 5 rings (SSSR count). The van der Waals surface area contributed by atoms with Crippen molar-refractivity contribution < 1.29 is 14.4 Å². The normalized spacial score (nSPS) is 16.0. The minimum absolute atomic E-state index is 0.00675. The lowest BCUT2D eigenvalue weighted by Crippen LogP contribution is -2.56. The van der Waals surface area contributed by atoms with Crippen LogP contribution in [0.15, 0.2) is 60.7 Å². The molecule has 1 aliphatic heterocycles. The van der Waals surface area contributed by atoms with Crippen LogP contribution in [0.2, 0.25) is 0 Å². The maximum Gasteiger partial charge on any atom is 0.272 e. The highest BCUT2D eigenvalue weighted by atomic mass is 16.2. The van der Waals surface area contributed by atoms with Gasteiger partial charge in [-0.15, -0.1) is 0 Å². The van der Waals surface area contributed by atoms with Crippen LogP contribution in [0.4, 0.5) is 11.4 Å². The van der Waals surface area contributed by atoms with Crippen molar-refractivity contribution in [3.05, 3.63) is 83.2 Å². The van der Waals surface area contributed by atoms with E-state index < -0.39 is 0 Å². The van der Waals surface area contributed by atoms with Crippen molar-refractivity contribution >= 4 is 29.1 Å². The van der Waals surface area contributed by atoms with E-state index in [1.807, 2.05) is 30.3 Å². The topological polar surface area (TPSA) is 86.7 Å². The van der Waals surface area contributed by atoms with Crippen molar-refractivity contribution in [3.63, 3.8) is 0 Å². The number of carbonyl (C=O) groups excluding carboxylic acids is 3. The summed E-state index contributed by atoms with van der Waals surface area (Å²) in [6.07, 6.45) is 3.31. The number of benzene rings is 2. The van der Waals surface area contributed by atoms with Crippen molar-refractivity contribution in [3.8, 4) is 0 Å². The van der Waals surface area contributed by atoms with Gasteiger partial charge in [0.2, 0.25) is 5.91 Å². The zero-order chi connectivity index (χ0) is 26.2. The lowest BCUT2D eigenvalue weighted by Gasteiger charge is -2.53. The highest BCUT2D eigenvalue weighted by molar-refractivity contribution is 6.03. The Balaban J connectivity index is 1.31. The van der Waals surface area contributed by atoms with Crippen LogP contribution in [0.5, 0.6) is 0 Å². The molecule has 3 aromatic rings. The van der Waals surface area contributed by atoms with E-state index in [9.17, 15) is 14.4 Å². The van der Waals surface area contributed by atoms with E-state index in [2.05, 4.69) is 26.2 Å². The van der Waals surface area contributed by atoms with Crippen molar-refractivity contribution in [2.24, 2.45) is 0 Å². The highest BCUT2D eigenvalue weighted by Gasteiger charge is 2.48. The molecule has 2 N–H and O–H groups in total. The molecule has 2 aliphatic rings. The SMILES string of the molecule is CC(=O)Nc1ccc(NC(=O)c2ccc3n2CCN(Cc2ccc(C(=O)N(C)C)cc2)C32CCC2)cc1. The summed E-state index contributed by atoms with van der Waals surface area (Å²) in [4.78, 5) is 40.8. The first-order chi connectivity index (χ1) is 17.8. The number of hydrogen-bond donors (Lipinski definition) is 2. The number of aromatic nitrogens is 1. The number of fused-ring (bicyclic) bond motifs is 2. The van der Waals surface area contributed by atoms with Gasteiger partial charge in [0.15, 0.2) is 0 Å². The summed E-state index contributed by atoms with van der Waals surface area (Å²) in [7, 11) is 3.52. The molecular weight excluding hydrogens is 466 g/mol. The van der Waals surface area contributed by atoms with Gasteiger partial charge < -0.3 is 20.1 Å². The Labute approximate surface area is 217 Å². The molecule has 1 aromatic heterocycles. The van der Waals surface area contributed by atoms with Crippen molar-refractivity contribution in [1.29, 1.82) is 0 Å². The molecule has 1 spiro atoms. The highest BCUT2D eigenvalue weighted by Crippen LogP contribution is 2.49. The van der Waals surface area contributed by atoms with Gasteiger partial charge in [-0.2, -0.15) is 0 Å². The van der Waals surface area contributed by atoms with Crippen molar-refractivity contribution in [2.45, 2.75) is 44.8 Å². The second-order valence-electron chi connectivity index (χ2n) is 10.2. The molecule has 2 aromatic carbocycles. The van der Waals surface area contributed by atoms with Crippen LogP contribution in [-0.2, 0) is 23.4 Å². The standard InChI is InChI=1S/C29H33N5O3/c1-20(35)30-23-9-11-24(12-10-23)31-27(36)25-13-14-26-29(15-4-16-29)33(17-18-34(25)26)19-21-5-7-22(8-6-21)28(37)32(2)3/h5-14H,4,15-19H2,1-3H3,(H,30,35)(H,31,36). The van der Waals surface area contributed by atoms with E-state index in [0.717, 1.165) is 32.5 Å². The molecule has 0 radical (unpaired) electrons. The van der Waals surface area contributed by atoms with Crippen LogP contribution in [0.25, 0.3) is 0 Å². The third-order valence-electron chi connectivity index (χ3n) is 7.51. The van der Waals surface area contributed by atoms with E-state index in [-0.39, 0.29) is 23.3 Å². The van der Waals surface area contributed by atoms with E-state index in [1.54, 1.807) is 43.3 Å². The number of anilines is 2. The Morgan fingerprint density at radius 1 is 0.865 bits per heavy atom. The third kappa shape index (κ3) is 4.76. The first-order valence-electron chi connectivity index (χ1n) is 12.7. The fourth-order valence-corrected chi connectivity index (χ4v) is 5.49. The molecule has 8 heteroatoms. The maximum atomic E-state index is 13.2. The molecule has 192 valence electrons. The first kappa shape index (κ1) is 24.8. The molecule has 1 saturated carbocycles. The molecule has 0 unspecified atom stereocenters. The van der Waals surface area contributed by atoms with Gasteiger partial charge in [0.05, 0.1) is 5.54 Å². The van der Waals surface area contributed by atoms with Crippen molar-refractivity contribution in [2.75, 3.05) is 31.3 Å². The Kier molecular flexibility index (Phi) is 6.60. The second kappa shape index (κ2) is 9.86. The second-order valence-corrected chi connectivity index (χ2v) is 10.2. The molecule has 0 atom stereocenters. The van der Waals surface area contributed by atoms with Gasteiger partial charge in [-0.3, -0.25) is 19.3 Å². The summed E-state index contributed by atoms with van der Waals surface area (Å²) >= 11 is 0. The van der Waals surface area contributed by atoms with Crippen LogP contribution >= 0.6 is 0 Å². The monoisotopic (exact) mass is 499 g/mol. The molecule has 37 heavy (non-hydrogen) atoms. The summed E-state index contributed by atoms with van der Waals surface area (Å²) in [5.41, 5.74) is 5.06. The predicted octanol–water partition coefficient (Wildman–Crippen LogP) is 4.30. The van der Waals surface area contributed by atoms with Gasteiger partial charge in [0, 0.05) is 63.3 Å². The first-order valence-corrected chi connectivity index (χ1v) is 12.7. The number of carbonyl (C=O) groups is 3. The number of nitrogens with zero attached hydrogens (tertiary/aromatic N) is 3. The number of hydrogen-bond acceptors (Lipinski definition) is 4. The quantitative estimate of drug-likeness (QED) is 0.530. The molecule has 8 nitrogen and oxygen atoms in total. The Hall–Kier alpha value is -3.91. The number of amides is 3. The largest absolute Gasteiger partial charge is 0.345 e. The summed E-state index contributed by atoms with van der Waals surface area (Å²) in [5, 5.41) is 5.73. The molecule has 3 amide bonds. The fraction of sp³-hybridized carbons (Fsp3) is 0.345. The predicted molar refractivity (Wildman–Crippen MR) is 144 cm³/mol. The Morgan fingerprint density at radius 2 is 1.51 bits per heavy atom.